The van der Waals surface area contributed by atoms with E-state index in [9.17, 15) is 0 Å². The number of hydrogen-bond donors (Lipinski definition) is 1. The third-order valence-electron chi connectivity index (χ3n) is 4.59. The quantitative estimate of drug-likeness (QED) is 0.926. The van der Waals surface area contributed by atoms with Crippen molar-refractivity contribution in [1.29, 1.82) is 0 Å². The van der Waals surface area contributed by atoms with Gasteiger partial charge in [0.05, 0.1) is 10.7 Å². The number of halogens is 1. The van der Waals surface area contributed by atoms with Gasteiger partial charge in [-0.05, 0) is 43.2 Å². The van der Waals surface area contributed by atoms with Gasteiger partial charge in [0.15, 0.2) is 0 Å². The molecule has 0 radical (unpaired) electrons. The molecule has 5 heteroatoms. The van der Waals surface area contributed by atoms with Gasteiger partial charge in [0.2, 0.25) is 0 Å². The number of nitrogens with zero attached hydrogens (tertiary/aromatic N) is 3. The summed E-state index contributed by atoms with van der Waals surface area (Å²) in [5, 5.41) is 8.55. The molecule has 0 spiro atoms. The minimum Gasteiger partial charge on any atom is -0.381 e. The highest BCUT2D eigenvalue weighted by Gasteiger charge is 2.25. The first-order valence-electron chi connectivity index (χ1n) is 7.55. The zero-order valence-electron chi connectivity index (χ0n) is 12.5. The van der Waals surface area contributed by atoms with Crippen molar-refractivity contribution in [2.45, 2.75) is 39.2 Å². The van der Waals surface area contributed by atoms with Crippen LogP contribution >= 0.6 is 11.6 Å². The highest BCUT2D eigenvalue weighted by molar-refractivity contribution is 6.33. The molecule has 1 aromatic heterocycles. The van der Waals surface area contributed by atoms with Gasteiger partial charge in [-0.15, -0.1) is 0 Å². The molecule has 0 aliphatic heterocycles. The molecule has 112 valence electrons. The monoisotopic (exact) mass is 304 g/mol. The van der Waals surface area contributed by atoms with Gasteiger partial charge in [-0.1, -0.05) is 31.5 Å². The summed E-state index contributed by atoms with van der Waals surface area (Å²) in [6.07, 6.45) is 6.88. The van der Waals surface area contributed by atoms with Crippen molar-refractivity contribution in [2.75, 3.05) is 5.32 Å². The molecule has 1 aromatic carbocycles. The topological polar surface area (TPSA) is 42.7 Å². The van der Waals surface area contributed by atoms with Crippen LogP contribution in [0, 0.1) is 11.8 Å². The van der Waals surface area contributed by atoms with E-state index in [1.807, 2.05) is 12.1 Å². The molecule has 1 N–H and O–H groups in total. The predicted molar refractivity (Wildman–Crippen MR) is 86.0 cm³/mol. The maximum absolute atomic E-state index is 6.36. The minimum atomic E-state index is 0.497. The van der Waals surface area contributed by atoms with E-state index in [4.69, 9.17) is 11.6 Å². The molecule has 1 heterocycles. The SMILES string of the molecule is CC1CCC(Nc2cccc(Cl)c2-n2cncn2)CC1C. The molecule has 1 fully saturated rings. The van der Waals surface area contributed by atoms with Crippen molar-refractivity contribution in [3.8, 4) is 5.69 Å². The van der Waals surface area contributed by atoms with Crippen LogP contribution in [0.2, 0.25) is 5.02 Å². The fraction of sp³-hybridized carbons (Fsp3) is 0.500. The Morgan fingerprint density at radius 1 is 1.24 bits per heavy atom. The fourth-order valence-corrected chi connectivity index (χ4v) is 3.35. The average Bonchev–Trinajstić information content (AvgIpc) is 2.97. The molecule has 4 nitrogen and oxygen atoms in total. The van der Waals surface area contributed by atoms with Crippen LogP contribution in [0.3, 0.4) is 0 Å². The Morgan fingerprint density at radius 3 is 2.81 bits per heavy atom. The van der Waals surface area contributed by atoms with Crippen LogP contribution in [0.15, 0.2) is 30.9 Å². The standard InChI is InChI=1S/C16H21ClN4/c1-11-6-7-13(8-12(11)2)20-15-5-3-4-14(17)16(15)21-10-18-9-19-21/h3-5,9-13,20H,6-8H2,1-2H3. The number of aromatic nitrogens is 3. The lowest BCUT2D eigenvalue weighted by Crippen LogP contribution is -2.30. The largest absolute Gasteiger partial charge is 0.381 e. The molecule has 1 saturated carbocycles. The molecule has 1 aliphatic rings. The molecule has 2 aromatic rings. The summed E-state index contributed by atoms with van der Waals surface area (Å²) in [5.41, 5.74) is 1.91. The van der Waals surface area contributed by atoms with Gasteiger partial charge in [-0.2, -0.15) is 5.10 Å². The average molecular weight is 305 g/mol. The minimum absolute atomic E-state index is 0.497. The van der Waals surface area contributed by atoms with Crippen molar-refractivity contribution in [3.63, 3.8) is 0 Å². The van der Waals surface area contributed by atoms with Gasteiger partial charge in [-0.25, -0.2) is 9.67 Å². The summed E-state index contributed by atoms with van der Waals surface area (Å²) in [5.74, 6) is 1.57. The Hall–Kier alpha value is -1.55. The Balaban J connectivity index is 1.85. The van der Waals surface area contributed by atoms with Gasteiger partial charge in [-0.3, -0.25) is 0 Å². The number of anilines is 1. The first-order valence-corrected chi connectivity index (χ1v) is 7.93. The third kappa shape index (κ3) is 3.05. The van der Waals surface area contributed by atoms with Crippen molar-refractivity contribution < 1.29 is 0 Å². The summed E-state index contributed by atoms with van der Waals surface area (Å²) in [6, 6.07) is 6.41. The van der Waals surface area contributed by atoms with Crippen molar-refractivity contribution in [3.05, 3.63) is 35.9 Å². The number of hydrogen-bond acceptors (Lipinski definition) is 3. The van der Waals surface area contributed by atoms with Crippen LogP contribution in [0.5, 0.6) is 0 Å². The van der Waals surface area contributed by atoms with Crippen LogP contribution in [0.4, 0.5) is 5.69 Å². The van der Waals surface area contributed by atoms with E-state index in [-0.39, 0.29) is 0 Å². The smallest absolute Gasteiger partial charge is 0.138 e. The summed E-state index contributed by atoms with van der Waals surface area (Å²) < 4.78 is 1.72. The molecule has 3 unspecified atom stereocenters. The van der Waals surface area contributed by atoms with Gasteiger partial charge in [0.1, 0.15) is 18.3 Å². The number of nitrogens with one attached hydrogen (secondary N) is 1. The maximum atomic E-state index is 6.36. The molecular weight excluding hydrogens is 284 g/mol. The summed E-state index contributed by atoms with van der Waals surface area (Å²) in [6.45, 7) is 4.69. The van der Waals surface area contributed by atoms with E-state index in [1.165, 1.54) is 25.6 Å². The Labute approximate surface area is 130 Å². The maximum Gasteiger partial charge on any atom is 0.138 e. The lowest BCUT2D eigenvalue weighted by Gasteiger charge is -2.33. The Morgan fingerprint density at radius 2 is 2.10 bits per heavy atom. The summed E-state index contributed by atoms with van der Waals surface area (Å²) in [7, 11) is 0. The van der Waals surface area contributed by atoms with E-state index >= 15 is 0 Å². The highest BCUT2D eigenvalue weighted by Crippen LogP contribution is 2.34. The molecule has 3 atom stereocenters. The van der Waals surface area contributed by atoms with Crippen molar-refractivity contribution in [2.24, 2.45) is 11.8 Å². The Kier molecular flexibility index (Phi) is 4.15. The Bertz CT molecular complexity index is 596. The van der Waals surface area contributed by atoms with Crippen LogP contribution in [0.1, 0.15) is 33.1 Å². The number of benzene rings is 1. The lowest BCUT2D eigenvalue weighted by atomic mass is 9.79. The number of para-hydroxylation sites is 1. The summed E-state index contributed by atoms with van der Waals surface area (Å²) in [4.78, 5) is 4.02. The van der Waals surface area contributed by atoms with Crippen LogP contribution < -0.4 is 5.32 Å². The van der Waals surface area contributed by atoms with Gasteiger partial charge in [0.25, 0.3) is 0 Å². The van der Waals surface area contributed by atoms with E-state index in [0.29, 0.717) is 11.1 Å². The van der Waals surface area contributed by atoms with Crippen molar-refractivity contribution in [1.82, 2.24) is 14.8 Å². The second kappa shape index (κ2) is 6.06. The second-order valence-corrected chi connectivity index (χ2v) is 6.49. The first kappa shape index (κ1) is 14.4. The van der Waals surface area contributed by atoms with E-state index in [0.717, 1.165) is 23.2 Å². The number of rotatable bonds is 3. The van der Waals surface area contributed by atoms with E-state index in [1.54, 1.807) is 11.0 Å². The molecule has 21 heavy (non-hydrogen) atoms. The first-order chi connectivity index (χ1) is 10.1. The van der Waals surface area contributed by atoms with Crippen LogP contribution in [-0.2, 0) is 0 Å². The molecule has 1 aliphatic carbocycles. The molecule has 0 amide bonds. The highest BCUT2D eigenvalue weighted by atomic mass is 35.5. The van der Waals surface area contributed by atoms with Crippen molar-refractivity contribution >= 4 is 17.3 Å². The summed E-state index contributed by atoms with van der Waals surface area (Å²) >= 11 is 6.36. The second-order valence-electron chi connectivity index (χ2n) is 6.08. The normalized spacial score (nSPS) is 25.8. The lowest BCUT2D eigenvalue weighted by molar-refractivity contribution is 0.261. The molecule has 0 saturated heterocycles. The predicted octanol–water partition coefficient (Wildman–Crippen LogP) is 4.16. The zero-order valence-corrected chi connectivity index (χ0v) is 13.2. The van der Waals surface area contributed by atoms with E-state index in [2.05, 4.69) is 35.3 Å². The fourth-order valence-electron chi connectivity index (χ4n) is 3.09. The van der Waals surface area contributed by atoms with E-state index < -0.39 is 0 Å². The van der Waals surface area contributed by atoms with Gasteiger partial charge < -0.3 is 5.32 Å². The van der Waals surface area contributed by atoms with Gasteiger partial charge in [0, 0.05) is 6.04 Å². The molecule has 3 rings (SSSR count). The van der Waals surface area contributed by atoms with Crippen LogP contribution in [-0.4, -0.2) is 20.8 Å². The molecular formula is C16H21ClN4. The van der Waals surface area contributed by atoms with Gasteiger partial charge >= 0.3 is 0 Å². The zero-order chi connectivity index (χ0) is 14.8. The molecule has 0 bridgehead atoms. The third-order valence-corrected chi connectivity index (χ3v) is 4.90. The van der Waals surface area contributed by atoms with Crippen LogP contribution in [0.25, 0.3) is 5.69 Å².